The first-order chi connectivity index (χ1) is 4.83. The Kier molecular flexibility index (Phi) is 19.3. The molecule has 0 aliphatic carbocycles. The van der Waals surface area contributed by atoms with Crippen LogP contribution in [0.25, 0.3) is 0 Å². The van der Waals surface area contributed by atoms with Gasteiger partial charge in [-0.15, -0.1) is 0 Å². The van der Waals surface area contributed by atoms with Crippen LogP contribution in [0.15, 0.2) is 12.1 Å². The molecule has 0 saturated carbocycles. The summed E-state index contributed by atoms with van der Waals surface area (Å²) in [4.78, 5) is 0. The van der Waals surface area contributed by atoms with Gasteiger partial charge in [0.05, 0.1) is 6.07 Å². The molecule has 0 saturated heterocycles. The summed E-state index contributed by atoms with van der Waals surface area (Å²) in [5, 5.41) is 8.04. The highest BCUT2D eigenvalue weighted by atomic mass is 35.5. The van der Waals surface area contributed by atoms with Crippen molar-refractivity contribution in [2.75, 3.05) is 0 Å². The number of hydrogen-bond acceptors (Lipinski definition) is 1. The van der Waals surface area contributed by atoms with Crippen LogP contribution >= 0.6 is 11.6 Å². The van der Waals surface area contributed by atoms with E-state index in [1.54, 1.807) is 0 Å². The molecule has 0 spiro atoms. The van der Waals surface area contributed by atoms with Crippen LogP contribution in [0.3, 0.4) is 0 Å². The van der Waals surface area contributed by atoms with E-state index in [9.17, 15) is 0 Å². The summed E-state index contributed by atoms with van der Waals surface area (Å²) in [6.07, 6.45) is 4.22. The smallest absolute Gasteiger partial charge is 0.0621 e. The van der Waals surface area contributed by atoms with Gasteiger partial charge in [0, 0.05) is 6.42 Å². The summed E-state index contributed by atoms with van der Waals surface area (Å²) >= 11 is 4.76. The summed E-state index contributed by atoms with van der Waals surface area (Å²) < 4.78 is 0. The second-order valence-electron chi connectivity index (χ2n) is 1.77. The van der Waals surface area contributed by atoms with E-state index in [0.29, 0.717) is 0 Å². The second kappa shape index (κ2) is 15.8. The molecule has 0 aromatic rings. The number of unbranched alkanes of at least 4 members (excludes halogenated alkanes) is 3. The molecule has 0 unspecified atom stereocenters. The minimum atomic E-state index is 0.730. The van der Waals surface area contributed by atoms with Gasteiger partial charge in [-0.1, -0.05) is 37.9 Å². The van der Waals surface area contributed by atoms with E-state index in [0.717, 1.165) is 12.8 Å². The first kappa shape index (κ1) is 12.2. The van der Waals surface area contributed by atoms with Crippen molar-refractivity contribution in [1.29, 1.82) is 5.26 Å². The molecule has 0 N–H and O–H groups in total. The van der Waals surface area contributed by atoms with Gasteiger partial charge in [-0.25, -0.2) is 0 Å². The first-order valence-corrected chi connectivity index (χ1v) is 3.85. The molecule has 0 radical (unpaired) electrons. The van der Waals surface area contributed by atoms with Crippen molar-refractivity contribution >= 4 is 11.6 Å². The Morgan fingerprint density at radius 1 is 1.60 bits per heavy atom. The molecular weight excluding hydrogens is 146 g/mol. The lowest BCUT2D eigenvalue weighted by Gasteiger charge is -1.84. The first-order valence-electron chi connectivity index (χ1n) is 3.41. The van der Waals surface area contributed by atoms with Crippen molar-refractivity contribution in [3.05, 3.63) is 12.1 Å². The molecule has 0 atom stereocenters. The Hall–Kier alpha value is -0.480. The zero-order valence-electron chi connectivity index (χ0n) is 6.44. The van der Waals surface area contributed by atoms with E-state index < -0.39 is 0 Å². The third-order valence-corrected chi connectivity index (χ3v) is 0.892. The van der Waals surface area contributed by atoms with Crippen LogP contribution in [-0.2, 0) is 0 Å². The van der Waals surface area contributed by atoms with E-state index >= 15 is 0 Å². The zero-order chi connectivity index (χ0) is 8.24. The molecule has 1 nitrogen and oxygen atoms in total. The largest absolute Gasteiger partial charge is 0.198 e. The third-order valence-electron chi connectivity index (χ3n) is 0.892. The van der Waals surface area contributed by atoms with Crippen molar-refractivity contribution < 1.29 is 0 Å². The van der Waals surface area contributed by atoms with E-state index in [-0.39, 0.29) is 0 Å². The van der Waals surface area contributed by atoms with Crippen molar-refractivity contribution in [3.8, 4) is 6.07 Å². The molecule has 2 heteroatoms. The standard InChI is InChI=1S/C6H11N.C2H3Cl/c1-2-3-4-5-6-7;1-2-3/h2-5H2,1H3;2H,1H2. The maximum Gasteiger partial charge on any atom is 0.0621 e. The van der Waals surface area contributed by atoms with Gasteiger partial charge < -0.3 is 0 Å². The maximum atomic E-state index is 8.04. The van der Waals surface area contributed by atoms with E-state index in [4.69, 9.17) is 16.9 Å². The van der Waals surface area contributed by atoms with Gasteiger partial charge in [0.25, 0.3) is 0 Å². The monoisotopic (exact) mass is 159 g/mol. The fourth-order valence-electron chi connectivity index (χ4n) is 0.454. The quantitative estimate of drug-likeness (QED) is 0.579. The molecule has 0 amide bonds. The molecule has 0 aliphatic heterocycles. The van der Waals surface area contributed by atoms with Crippen LogP contribution in [0.4, 0.5) is 0 Å². The van der Waals surface area contributed by atoms with Gasteiger partial charge in [-0.3, -0.25) is 0 Å². The molecule has 0 heterocycles. The van der Waals surface area contributed by atoms with Crippen LogP contribution in [-0.4, -0.2) is 0 Å². The van der Waals surface area contributed by atoms with Crippen LogP contribution in [0, 0.1) is 11.3 Å². The van der Waals surface area contributed by atoms with Crippen molar-refractivity contribution in [2.24, 2.45) is 0 Å². The normalized spacial score (nSPS) is 6.90. The Balaban J connectivity index is 0. The summed E-state index contributed by atoms with van der Waals surface area (Å²) in [6.45, 7) is 5.26. The molecule has 58 valence electrons. The van der Waals surface area contributed by atoms with Crippen molar-refractivity contribution in [3.63, 3.8) is 0 Å². The highest BCUT2D eigenvalue weighted by molar-refractivity contribution is 6.25. The minimum absolute atomic E-state index is 0.730. The van der Waals surface area contributed by atoms with Crippen LogP contribution < -0.4 is 0 Å². The van der Waals surface area contributed by atoms with E-state index in [1.807, 2.05) is 0 Å². The van der Waals surface area contributed by atoms with Gasteiger partial charge in [0.1, 0.15) is 0 Å². The lowest BCUT2D eigenvalue weighted by atomic mass is 10.2. The van der Waals surface area contributed by atoms with Crippen LogP contribution in [0.1, 0.15) is 32.6 Å². The predicted octanol–water partition coefficient (Wildman–Crippen LogP) is 3.46. The fourth-order valence-corrected chi connectivity index (χ4v) is 0.454. The number of nitriles is 1. The van der Waals surface area contributed by atoms with Crippen molar-refractivity contribution in [2.45, 2.75) is 32.6 Å². The third kappa shape index (κ3) is 25.8. The van der Waals surface area contributed by atoms with Gasteiger partial charge in [0.2, 0.25) is 0 Å². The Labute approximate surface area is 68.3 Å². The summed E-state index contributed by atoms with van der Waals surface area (Å²) in [6, 6.07) is 2.10. The van der Waals surface area contributed by atoms with E-state index in [2.05, 4.69) is 19.6 Å². The van der Waals surface area contributed by atoms with Crippen LogP contribution in [0.5, 0.6) is 0 Å². The zero-order valence-corrected chi connectivity index (χ0v) is 7.19. The van der Waals surface area contributed by atoms with Gasteiger partial charge >= 0.3 is 0 Å². The predicted molar refractivity (Wildman–Crippen MR) is 45.8 cm³/mol. The summed E-state index contributed by atoms with van der Waals surface area (Å²) in [5.74, 6) is 0. The Morgan fingerprint density at radius 3 is 2.40 bits per heavy atom. The topological polar surface area (TPSA) is 23.8 Å². The van der Waals surface area contributed by atoms with Gasteiger partial charge in [-0.05, 0) is 12.0 Å². The second-order valence-corrected chi connectivity index (χ2v) is 2.08. The van der Waals surface area contributed by atoms with Crippen molar-refractivity contribution in [1.82, 2.24) is 0 Å². The number of hydrogen-bond donors (Lipinski definition) is 0. The lowest BCUT2D eigenvalue weighted by molar-refractivity contribution is 0.734. The van der Waals surface area contributed by atoms with Crippen LogP contribution in [0.2, 0.25) is 0 Å². The Morgan fingerprint density at radius 2 is 2.10 bits per heavy atom. The molecule has 0 bridgehead atoms. The SMILES string of the molecule is C=CCl.CCCCCC#N. The molecule has 0 aliphatic rings. The average molecular weight is 160 g/mol. The Bertz CT molecular complexity index is 93.9. The summed E-state index contributed by atoms with van der Waals surface area (Å²) in [5.41, 5.74) is 1.22. The number of halogens is 1. The van der Waals surface area contributed by atoms with Gasteiger partial charge in [-0.2, -0.15) is 5.26 Å². The fraction of sp³-hybridized carbons (Fsp3) is 0.625. The van der Waals surface area contributed by atoms with E-state index in [1.165, 1.54) is 18.4 Å². The molecule has 0 aromatic heterocycles. The molecular formula is C8H14ClN. The number of nitrogens with zero attached hydrogens (tertiary/aromatic N) is 1. The highest BCUT2D eigenvalue weighted by Crippen LogP contribution is 1.95. The number of rotatable bonds is 3. The molecule has 0 rings (SSSR count). The highest BCUT2D eigenvalue weighted by Gasteiger charge is 1.79. The van der Waals surface area contributed by atoms with Gasteiger partial charge in [0.15, 0.2) is 0 Å². The molecule has 0 aromatic carbocycles. The lowest BCUT2D eigenvalue weighted by Crippen LogP contribution is -1.68. The minimum Gasteiger partial charge on any atom is -0.198 e. The molecule has 0 fully saturated rings. The maximum absolute atomic E-state index is 8.04. The molecule has 10 heavy (non-hydrogen) atoms. The summed E-state index contributed by atoms with van der Waals surface area (Å²) in [7, 11) is 0. The average Bonchev–Trinajstić information content (AvgIpc) is 1.91.